The molecule has 0 radical (unpaired) electrons. The number of sulfonamides is 1. The van der Waals surface area contributed by atoms with Crippen molar-refractivity contribution in [1.29, 1.82) is 0 Å². The van der Waals surface area contributed by atoms with Crippen LogP contribution in [-0.4, -0.2) is 37.6 Å². The third-order valence-electron chi connectivity index (χ3n) is 2.71. The lowest BCUT2D eigenvalue weighted by Crippen LogP contribution is -2.43. The minimum Gasteiger partial charge on any atom is -0.330 e. The Labute approximate surface area is 86.5 Å². The summed E-state index contributed by atoms with van der Waals surface area (Å²) in [5, 5.41) is 0. The van der Waals surface area contributed by atoms with Crippen LogP contribution in [0.3, 0.4) is 0 Å². The Kier molecular flexibility index (Phi) is 4.34. The largest absolute Gasteiger partial charge is 0.330 e. The number of nitrogens with zero attached hydrogens (tertiary/aromatic N) is 1. The third kappa shape index (κ3) is 2.93. The zero-order valence-corrected chi connectivity index (χ0v) is 9.59. The van der Waals surface area contributed by atoms with E-state index in [9.17, 15) is 8.42 Å². The van der Waals surface area contributed by atoms with Crippen molar-refractivity contribution in [1.82, 2.24) is 4.31 Å². The van der Waals surface area contributed by atoms with Crippen LogP contribution in [0.1, 0.15) is 32.6 Å². The normalized spacial score (nSPS) is 25.1. The van der Waals surface area contributed by atoms with E-state index in [1.165, 1.54) is 0 Å². The SMILES string of the molecule is CC1CCCCN1S(=O)(=O)CCCN. The molecule has 1 unspecified atom stereocenters. The second-order valence-electron chi connectivity index (χ2n) is 3.91. The van der Waals surface area contributed by atoms with Gasteiger partial charge in [0.05, 0.1) is 5.75 Å². The van der Waals surface area contributed by atoms with Crippen LogP contribution in [0.25, 0.3) is 0 Å². The second-order valence-corrected chi connectivity index (χ2v) is 5.95. The van der Waals surface area contributed by atoms with E-state index in [1.807, 2.05) is 6.92 Å². The number of nitrogens with two attached hydrogens (primary N) is 1. The highest BCUT2D eigenvalue weighted by atomic mass is 32.2. The van der Waals surface area contributed by atoms with Crippen LogP contribution in [0.2, 0.25) is 0 Å². The minimum atomic E-state index is -3.04. The van der Waals surface area contributed by atoms with Gasteiger partial charge in [-0.1, -0.05) is 6.42 Å². The molecular formula is C9H20N2O2S. The third-order valence-corrected chi connectivity index (χ3v) is 4.77. The lowest BCUT2D eigenvalue weighted by Gasteiger charge is -2.32. The molecule has 84 valence electrons. The summed E-state index contributed by atoms with van der Waals surface area (Å²) in [5.74, 6) is 0.202. The van der Waals surface area contributed by atoms with Crippen molar-refractivity contribution in [3.8, 4) is 0 Å². The van der Waals surface area contributed by atoms with Crippen LogP contribution < -0.4 is 5.73 Å². The van der Waals surface area contributed by atoms with E-state index < -0.39 is 10.0 Å². The van der Waals surface area contributed by atoms with Gasteiger partial charge in [-0.25, -0.2) is 8.42 Å². The molecule has 0 aromatic carbocycles. The minimum absolute atomic E-state index is 0.173. The predicted octanol–water partition coefficient (Wildman–Crippen LogP) is 0.539. The van der Waals surface area contributed by atoms with Gasteiger partial charge in [-0.2, -0.15) is 4.31 Å². The van der Waals surface area contributed by atoms with E-state index in [0.29, 0.717) is 19.5 Å². The molecule has 4 nitrogen and oxygen atoms in total. The first-order valence-electron chi connectivity index (χ1n) is 5.27. The number of hydrogen-bond acceptors (Lipinski definition) is 3. The van der Waals surface area contributed by atoms with Crippen molar-refractivity contribution in [3.63, 3.8) is 0 Å². The van der Waals surface area contributed by atoms with Gasteiger partial charge in [-0.05, 0) is 32.7 Å². The van der Waals surface area contributed by atoms with Gasteiger partial charge >= 0.3 is 0 Å². The highest BCUT2D eigenvalue weighted by molar-refractivity contribution is 7.89. The molecule has 0 bridgehead atoms. The maximum atomic E-state index is 11.8. The Bertz CT molecular complexity index is 264. The smallest absolute Gasteiger partial charge is 0.214 e. The fraction of sp³-hybridized carbons (Fsp3) is 1.00. The maximum Gasteiger partial charge on any atom is 0.214 e. The van der Waals surface area contributed by atoms with Crippen LogP contribution in [0.5, 0.6) is 0 Å². The molecule has 0 saturated carbocycles. The average Bonchev–Trinajstić information content (AvgIpc) is 2.15. The molecule has 2 N–H and O–H groups in total. The van der Waals surface area contributed by atoms with Gasteiger partial charge in [0.2, 0.25) is 10.0 Å². The lowest BCUT2D eigenvalue weighted by atomic mass is 10.1. The molecule has 1 rings (SSSR count). The van der Waals surface area contributed by atoms with Gasteiger partial charge in [-0.15, -0.1) is 0 Å². The first-order valence-corrected chi connectivity index (χ1v) is 6.88. The Balaban J connectivity index is 2.60. The number of hydrogen-bond donors (Lipinski definition) is 1. The summed E-state index contributed by atoms with van der Waals surface area (Å²) < 4.78 is 25.3. The maximum absolute atomic E-state index is 11.8. The van der Waals surface area contributed by atoms with Gasteiger partial charge < -0.3 is 5.73 Å². The van der Waals surface area contributed by atoms with E-state index in [0.717, 1.165) is 19.3 Å². The van der Waals surface area contributed by atoms with Crippen molar-refractivity contribution in [2.24, 2.45) is 5.73 Å². The number of rotatable bonds is 4. The zero-order valence-electron chi connectivity index (χ0n) is 8.78. The van der Waals surface area contributed by atoms with Gasteiger partial charge in [0.15, 0.2) is 0 Å². The van der Waals surface area contributed by atoms with Crippen molar-refractivity contribution in [3.05, 3.63) is 0 Å². The molecule has 1 heterocycles. The van der Waals surface area contributed by atoms with Crippen LogP contribution in [-0.2, 0) is 10.0 Å². The molecule has 1 aliphatic heterocycles. The van der Waals surface area contributed by atoms with E-state index in [1.54, 1.807) is 4.31 Å². The first kappa shape index (κ1) is 11.9. The van der Waals surface area contributed by atoms with Crippen LogP contribution >= 0.6 is 0 Å². The Morgan fingerprint density at radius 3 is 2.71 bits per heavy atom. The van der Waals surface area contributed by atoms with Crippen molar-refractivity contribution in [2.45, 2.75) is 38.6 Å². The molecule has 0 aromatic rings. The fourth-order valence-electron chi connectivity index (χ4n) is 1.87. The Morgan fingerprint density at radius 1 is 1.43 bits per heavy atom. The van der Waals surface area contributed by atoms with Crippen molar-refractivity contribution >= 4 is 10.0 Å². The summed E-state index contributed by atoms with van der Waals surface area (Å²) in [5.41, 5.74) is 5.32. The summed E-state index contributed by atoms with van der Waals surface area (Å²) >= 11 is 0. The summed E-state index contributed by atoms with van der Waals surface area (Å²) in [6, 6.07) is 0.173. The molecule has 14 heavy (non-hydrogen) atoms. The molecule has 0 amide bonds. The van der Waals surface area contributed by atoms with Crippen molar-refractivity contribution in [2.75, 3.05) is 18.8 Å². The second kappa shape index (κ2) is 5.09. The predicted molar refractivity (Wildman–Crippen MR) is 57.5 cm³/mol. The molecule has 1 saturated heterocycles. The first-order chi connectivity index (χ1) is 6.58. The van der Waals surface area contributed by atoms with Gasteiger partial charge in [-0.3, -0.25) is 0 Å². The average molecular weight is 220 g/mol. The molecule has 0 spiro atoms. The highest BCUT2D eigenvalue weighted by Gasteiger charge is 2.28. The van der Waals surface area contributed by atoms with Crippen LogP contribution in [0.4, 0.5) is 0 Å². The summed E-state index contributed by atoms with van der Waals surface area (Å²) in [4.78, 5) is 0. The van der Waals surface area contributed by atoms with E-state index in [-0.39, 0.29) is 11.8 Å². The van der Waals surface area contributed by atoms with E-state index in [4.69, 9.17) is 5.73 Å². The molecule has 0 aromatic heterocycles. The Morgan fingerprint density at radius 2 is 2.14 bits per heavy atom. The van der Waals surface area contributed by atoms with Gasteiger partial charge in [0.1, 0.15) is 0 Å². The molecule has 1 fully saturated rings. The summed E-state index contributed by atoms with van der Waals surface area (Å²) in [6.07, 6.45) is 3.68. The quantitative estimate of drug-likeness (QED) is 0.752. The van der Waals surface area contributed by atoms with E-state index >= 15 is 0 Å². The molecule has 0 aliphatic carbocycles. The lowest BCUT2D eigenvalue weighted by molar-refractivity contribution is 0.268. The summed E-state index contributed by atoms with van der Waals surface area (Å²) in [7, 11) is -3.04. The molecule has 1 atom stereocenters. The van der Waals surface area contributed by atoms with E-state index in [2.05, 4.69) is 0 Å². The highest BCUT2D eigenvalue weighted by Crippen LogP contribution is 2.20. The molecular weight excluding hydrogens is 200 g/mol. The summed E-state index contributed by atoms with van der Waals surface area (Å²) in [6.45, 7) is 3.12. The van der Waals surface area contributed by atoms with Gasteiger partial charge in [0, 0.05) is 12.6 Å². The standard InChI is InChI=1S/C9H20N2O2S/c1-9-5-2-3-7-11(9)14(12,13)8-4-6-10/h9H,2-8,10H2,1H3. The molecule has 1 aliphatic rings. The monoisotopic (exact) mass is 220 g/mol. The van der Waals surface area contributed by atoms with Gasteiger partial charge in [0.25, 0.3) is 0 Å². The van der Waals surface area contributed by atoms with Crippen LogP contribution in [0.15, 0.2) is 0 Å². The molecule has 5 heteroatoms. The Hall–Kier alpha value is -0.130. The van der Waals surface area contributed by atoms with Crippen molar-refractivity contribution < 1.29 is 8.42 Å². The fourth-order valence-corrected chi connectivity index (χ4v) is 3.69. The number of piperidine rings is 1. The topological polar surface area (TPSA) is 63.4 Å². The van der Waals surface area contributed by atoms with Crippen LogP contribution in [0, 0.1) is 0 Å². The zero-order chi connectivity index (χ0) is 10.6.